The molecule has 1 aliphatic carbocycles. The lowest BCUT2D eigenvalue weighted by molar-refractivity contribution is -0.143. The van der Waals surface area contributed by atoms with Gasteiger partial charge >= 0.3 is 5.97 Å². The van der Waals surface area contributed by atoms with Gasteiger partial charge in [-0.1, -0.05) is 48.1 Å². The topological polar surface area (TPSA) is 26.3 Å². The van der Waals surface area contributed by atoms with Gasteiger partial charge in [-0.2, -0.15) is 0 Å². The summed E-state index contributed by atoms with van der Waals surface area (Å²) in [6.07, 6.45) is 18.0. The molecule has 1 fully saturated rings. The molecule has 2 heteroatoms. The molecule has 25 heavy (non-hydrogen) atoms. The first kappa shape index (κ1) is 21.7. The first-order valence-electron chi connectivity index (χ1n) is 10.1. The van der Waals surface area contributed by atoms with Crippen LogP contribution >= 0.6 is 0 Å². The van der Waals surface area contributed by atoms with Crippen LogP contribution in [0.25, 0.3) is 0 Å². The van der Waals surface area contributed by atoms with Gasteiger partial charge in [-0.25, -0.2) is 0 Å². The van der Waals surface area contributed by atoms with Gasteiger partial charge < -0.3 is 4.74 Å². The van der Waals surface area contributed by atoms with Gasteiger partial charge in [0.15, 0.2) is 0 Å². The Bertz CT molecular complexity index is 472. The van der Waals surface area contributed by atoms with Gasteiger partial charge in [0.1, 0.15) is 6.61 Å². The molecule has 1 aliphatic rings. The van der Waals surface area contributed by atoms with E-state index in [-0.39, 0.29) is 5.97 Å². The third kappa shape index (κ3) is 11.8. The number of carbonyl (C=O) groups is 1. The number of carbonyl (C=O) groups excluding carboxylic acids is 1. The van der Waals surface area contributed by atoms with Crippen LogP contribution in [0, 0.1) is 5.92 Å². The van der Waals surface area contributed by atoms with Crippen LogP contribution in [0.15, 0.2) is 34.9 Å². The molecule has 0 heterocycles. The second-order valence-corrected chi connectivity index (χ2v) is 7.85. The summed E-state index contributed by atoms with van der Waals surface area (Å²) < 4.78 is 5.38. The van der Waals surface area contributed by atoms with Crippen LogP contribution in [-0.2, 0) is 9.53 Å². The number of ether oxygens (including phenoxy) is 1. The van der Waals surface area contributed by atoms with Crippen molar-refractivity contribution in [1.29, 1.82) is 0 Å². The van der Waals surface area contributed by atoms with Crippen molar-refractivity contribution in [3.8, 4) is 0 Å². The van der Waals surface area contributed by atoms with Gasteiger partial charge in [0.2, 0.25) is 0 Å². The van der Waals surface area contributed by atoms with E-state index in [4.69, 9.17) is 4.74 Å². The molecule has 1 saturated carbocycles. The van der Waals surface area contributed by atoms with E-state index < -0.39 is 0 Å². The first-order chi connectivity index (χ1) is 12.0. The quantitative estimate of drug-likeness (QED) is 0.317. The van der Waals surface area contributed by atoms with Gasteiger partial charge in [0.05, 0.1) is 0 Å². The van der Waals surface area contributed by atoms with Crippen LogP contribution in [0.4, 0.5) is 0 Å². The molecule has 0 aliphatic heterocycles. The molecule has 0 radical (unpaired) electrons. The third-order valence-corrected chi connectivity index (χ3v) is 4.98. The van der Waals surface area contributed by atoms with Crippen molar-refractivity contribution in [1.82, 2.24) is 0 Å². The minimum absolute atomic E-state index is 0.0223. The second kappa shape index (κ2) is 13.0. The largest absolute Gasteiger partial charge is 0.461 e. The molecular weight excluding hydrogens is 308 g/mol. The average Bonchev–Trinajstić information content (AvgIpc) is 2.55. The zero-order valence-corrected chi connectivity index (χ0v) is 16.9. The third-order valence-electron chi connectivity index (χ3n) is 4.98. The Morgan fingerprint density at radius 2 is 1.48 bits per heavy atom. The Morgan fingerprint density at radius 3 is 2.12 bits per heavy atom. The summed E-state index contributed by atoms with van der Waals surface area (Å²) in [6, 6.07) is 0. The molecule has 142 valence electrons. The van der Waals surface area contributed by atoms with E-state index in [1.54, 1.807) is 0 Å². The molecule has 0 N–H and O–H groups in total. The van der Waals surface area contributed by atoms with E-state index in [1.807, 2.05) is 0 Å². The van der Waals surface area contributed by atoms with Crippen molar-refractivity contribution in [3.05, 3.63) is 34.9 Å². The Labute approximate surface area is 155 Å². The molecule has 0 amide bonds. The summed E-state index contributed by atoms with van der Waals surface area (Å²) in [5.74, 6) is 0.539. The molecule has 0 atom stereocenters. The lowest BCUT2D eigenvalue weighted by atomic mass is 9.87. The van der Waals surface area contributed by atoms with Crippen LogP contribution in [0.2, 0.25) is 0 Å². The van der Waals surface area contributed by atoms with E-state index in [2.05, 4.69) is 45.9 Å². The van der Waals surface area contributed by atoms with Crippen molar-refractivity contribution < 1.29 is 9.53 Å². The van der Waals surface area contributed by atoms with E-state index in [0.717, 1.165) is 25.7 Å². The summed E-state index contributed by atoms with van der Waals surface area (Å²) in [5, 5.41) is 0. The number of hydrogen-bond acceptors (Lipinski definition) is 2. The smallest absolute Gasteiger partial charge is 0.306 e. The van der Waals surface area contributed by atoms with Crippen LogP contribution in [-0.4, -0.2) is 12.6 Å². The predicted molar refractivity (Wildman–Crippen MR) is 108 cm³/mol. The van der Waals surface area contributed by atoms with E-state index in [0.29, 0.717) is 18.9 Å². The lowest BCUT2D eigenvalue weighted by Gasteiger charge is -2.20. The maximum Gasteiger partial charge on any atom is 0.306 e. The average molecular weight is 347 g/mol. The van der Waals surface area contributed by atoms with E-state index >= 15 is 0 Å². The van der Waals surface area contributed by atoms with Gasteiger partial charge in [-0.15, -0.1) is 0 Å². The minimum atomic E-state index is -0.0223. The zero-order chi connectivity index (χ0) is 18.5. The summed E-state index contributed by atoms with van der Waals surface area (Å²) in [6.45, 7) is 9.07. The fourth-order valence-electron chi connectivity index (χ4n) is 3.30. The van der Waals surface area contributed by atoms with Gasteiger partial charge in [0, 0.05) is 6.42 Å². The summed E-state index contributed by atoms with van der Waals surface area (Å²) in [5.41, 5.74) is 4.16. The molecule has 0 spiro atoms. The highest BCUT2D eigenvalue weighted by Crippen LogP contribution is 2.26. The number of allylic oxidation sites excluding steroid dienone is 5. The zero-order valence-electron chi connectivity index (χ0n) is 16.9. The van der Waals surface area contributed by atoms with E-state index in [1.165, 1.54) is 48.8 Å². The number of hydrogen-bond donors (Lipinski definition) is 0. The number of esters is 1. The summed E-state index contributed by atoms with van der Waals surface area (Å²) >= 11 is 0. The maximum absolute atomic E-state index is 11.9. The molecule has 2 nitrogen and oxygen atoms in total. The monoisotopic (exact) mass is 346 g/mol. The highest BCUT2D eigenvalue weighted by Gasteiger charge is 2.17. The van der Waals surface area contributed by atoms with Crippen LogP contribution in [0.1, 0.15) is 91.9 Å². The molecular formula is C23H38O2. The fraction of sp³-hybridized carbons (Fsp3) is 0.696. The summed E-state index contributed by atoms with van der Waals surface area (Å²) in [4.78, 5) is 11.9. The predicted octanol–water partition coefficient (Wildman–Crippen LogP) is 6.92. The van der Waals surface area contributed by atoms with Crippen molar-refractivity contribution in [2.45, 2.75) is 91.9 Å². The molecule has 0 aromatic carbocycles. The van der Waals surface area contributed by atoms with Crippen LogP contribution < -0.4 is 0 Å². The van der Waals surface area contributed by atoms with Crippen LogP contribution in [0.3, 0.4) is 0 Å². The van der Waals surface area contributed by atoms with Gasteiger partial charge in [-0.05, 0) is 78.2 Å². The Hall–Kier alpha value is -1.31. The molecule has 1 rings (SSSR count). The molecule has 0 bridgehead atoms. The molecule has 0 aromatic heterocycles. The molecule has 0 saturated heterocycles. The van der Waals surface area contributed by atoms with Crippen molar-refractivity contribution >= 4 is 5.97 Å². The number of rotatable bonds is 10. The second-order valence-electron chi connectivity index (χ2n) is 7.85. The lowest BCUT2D eigenvalue weighted by Crippen LogP contribution is -2.14. The van der Waals surface area contributed by atoms with Crippen molar-refractivity contribution in [3.63, 3.8) is 0 Å². The Balaban J connectivity index is 2.15. The minimum Gasteiger partial charge on any atom is -0.461 e. The maximum atomic E-state index is 11.9. The molecule has 0 aromatic rings. The SMILES string of the molecule is CC(C)=CCC/C(C)=C/CC/C(C)=C/COC(=O)CC1CCCCC1. The van der Waals surface area contributed by atoms with Crippen LogP contribution in [0.5, 0.6) is 0 Å². The Kier molecular flexibility index (Phi) is 11.3. The van der Waals surface area contributed by atoms with Crippen molar-refractivity contribution in [2.75, 3.05) is 6.61 Å². The normalized spacial score (nSPS) is 16.6. The van der Waals surface area contributed by atoms with Crippen molar-refractivity contribution in [2.24, 2.45) is 5.92 Å². The molecule has 0 unspecified atom stereocenters. The standard InChI is InChI=1S/C23H38O2/c1-19(2)10-8-11-20(3)12-9-13-21(4)16-17-25-23(24)18-22-14-6-5-7-15-22/h10,12,16,22H,5-9,11,13-15,17-18H2,1-4H3/b20-12+,21-16+. The highest BCUT2D eigenvalue weighted by molar-refractivity contribution is 5.69. The van der Waals surface area contributed by atoms with E-state index in [9.17, 15) is 4.79 Å². The first-order valence-corrected chi connectivity index (χ1v) is 10.1. The summed E-state index contributed by atoms with van der Waals surface area (Å²) in [7, 11) is 0. The highest BCUT2D eigenvalue weighted by atomic mass is 16.5. The Morgan fingerprint density at radius 1 is 0.880 bits per heavy atom. The van der Waals surface area contributed by atoms with Gasteiger partial charge in [-0.3, -0.25) is 4.79 Å². The fourth-order valence-corrected chi connectivity index (χ4v) is 3.30. The van der Waals surface area contributed by atoms with Gasteiger partial charge in [0.25, 0.3) is 0 Å².